The first-order chi connectivity index (χ1) is 12.6. The lowest BCUT2D eigenvalue weighted by atomic mass is 9.72. The highest BCUT2D eigenvalue weighted by atomic mass is 16.3. The molecule has 0 heterocycles. The Balaban J connectivity index is 1.63. The highest BCUT2D eigenvalue weighted by Gasteiger charge is 2.45. The summed E-state index contributed by atoms with van der Waals surface area (Å²) in [5.74, 6) is 0.770. The van der Waals surface area contributed by atoms with Gasteiger partial charge in [-0.1, -0.05) is 62.3 Å². The van der Waals surface area contributed by atoms with Crippen molar-refractivity contribution in [2.75, 3.05) is 25.5 Å². The van der Waals surface area contributed by atoms with E-state index in [4.69, 9.17) is 0 Å². The Hall–Kier alpha value is -1.58. The molecule has 2 unspecified atom stereocenters. The predicted molar refractivity (Wildman–Crippen MR) is 110 cm³/mol. The molecular weight excluding hydrogens is 320 g/mol. The second-order valence-electron chi connectivity index (χ2n) is 8.15. The van der Waals surface area contributed by atoms with Gasteiger partial charge in [-0.3, -0.25) is 4.90 Å². The van der Waals surface area contributed by atoms with Gasteiger partial charge in [0.05, 0.1) is 5.60 Å². The largest absolute Gasteiger partial charge is 0.388 e. The summed E-state index contributed by atoms with van der Waals surface area (Å²) in [5.41, 5.74) is 0.506. The van der Waals surface area contributed by atoms with Crippen molar-refractivity contribution in [3.05, 3.63) is 54.6 Å². The Labute approximate surface area is 158 Å². The summed E-state index contributed by atoms with van der Waals surface area (Å²) in [6, 6.07) is 10.5. The molecule has 26 heavy (non-hydrogen) atoms. The fraction of sp³-hybridized carbons (Fsp3) is 0.565. The van der Waals surface area contributed by atoms with Crippen LogP contribution < -0.4 is 5.32 Å². The van der Waals surface area contributed by atoms with E-state index < -0.39 is 5.60 Å². The molecular formula is C23H34N2O. The topological polar surface area (TPSA) is 35.5 Å². The van der Waals surface area contributed by atoms with Crippen molar-refractivity contribution >= 4 is 5.69 Å². The van der Waals surface area contributed by atoms with Gasteiger partial charge in [0.2, 0.25) is 0 Å². The summed E-state index contributed by atoms with van der Waals surface area (Å²) in [4.78, 5) is 2.42. The van der Waals surface area contributed by atoms with Gasteiger partial charge in [-0.05, 0) is 44.4 Å². The zero-order chi connectivity index (χ0) is 18.4. The highest BCUT2D eigenvalue weighted by Crippen LogP contribution is 2.38. The van der Waals surface area contributed by atoms with E-state index in [-0.39, 0.29) is 12.0 Å². The van der Waals surface area contributed by atoms with Crippen molar-refractivity contribution in [3.63, 3.8) is 0 Å². The molecule has 4 atom stereocenters. The van der Waals surface area contributed by atoms with Gasteiger partial charge in [-0.25, -0.2) is 0 Å². The molecule has 0 bridgehead atoms. The van der Waals surface area contributed by atoms with Gasteiger partial charge >= 0.3 is 0 Å². The summed E-state index contributed by atoms with van der Waals surface area (Å²) >= 11 is 0. The second kappa shape index (κ2) is 8.88. The molecule has 0 spiro atoms. The molecule has 0 amide bonds. The van der Waals surface area contributed by atoms with E-state index in [0.29, 0.717) is 5.92 Å². The van der Waals surface area contributed by atoms with Crippen LogP contribution >= 0.6 is 0 Å². The summed E-state index contributed by atoms with van der Waals surface area (Å²) in [6.45, 7) is 4.02. The summed E-state index contributed by atoms with van der Waals surface area (Å²) < 4.78 is 0. The Morgan fingerprint density at radius 3 is 2.77 bits per heavy atom. The maximum Gasteiger partial charge on any atom is 0.0844 e. The van der Waals surface area contributed by atoms with Gasteiger partial charge in [0.25, 0.3) is 0 Å². The summed E-state index contributed by atoms with van der Waals surface area (Å²) in [7, 11) is 2.20. The highest BCUT2D eigenvalue weighted by molar-refractivity contribution is 5.42. The number of para-hydroxylation sites is 1. The van der Waals surface area contributed by atoms with Crippen LogP contribution in [0.1, 0.15) is 39.0 Å². The number of aliphatic hydroxyl groups is 1. The smallest absolute Gasteiger partial charge is 0.0844 e. The standard InChI is InChI=1S/C23H34N2O/c1-19(17-24-21-13-7-4-8-14-21)23(26)16-10-9-15-22(23)25(2)18-20-11-5-3-6-12-20/h3-8,11,13-14,19-20,22,24,26H,9-10,12,15-18H2,1-2H3/t19?,20?,22-,23+/m1/s1. The van der Waals surface area contributed by atoms with Gasteiger partial charge in [0.15, 0.2) is 0 Å². The molecule has 1 aromatic rings. The first-order valence-corrected chi connectivity index (χ1v) is 10.1. The number of anilines is 1. The number of hydrogen-bond donors (Lipinski definition) is 2. The molecule has 2 aliphatic rings. The predicted octanol–water partition coefficient (Wildman–Crippen LogP) is 4.47. The number of rotatable bonds is 7. The molecule has 0 saturated heterocycles. The molecule has 1 saturated carbocycles. The van der Waals surface area contributed by atoms with Crippen LogP contribution in [0.2, 0.25) is 0 Å². The molecule has 0 aliphatic heterocycles. The Morgan fingerprint density at radius 2 is 2.04 bits per heavy atom. The molecule has 2 aliphatic carbocycles. The fourth-order valence-electron chi connectivity index (χ4n) is 4.61. The lowest BCUT2D eigenvalue weighted by molar-refractivity contribution is -0.101. The van der Waals surface area contributed by atoms with Crippen molar-refractivity contribution < 1.29 is 5.11 Å². The van der Waals surface area contributed by atoms with Gasteiger partial charge in [-0.2, -0.15) is 0 Å². The third-order valence-corrected chi connectivity index (χ3v) is 6.25. The third-order valence-electron chi connectivity index (χ3n) is 6.25. The minimum Gasteiger partial charge on any atom is -0.388 e. The fourth-order valence-corrected chi connectivity index (χ4v) is 4.61. The maximum absolute atomic E-state index is 11.7. The molecule has 3 heteroatoms. The molecule has 3 nitrogen and oxygen atoms in total. The molecule has 0 aromatic heterocycles. The van der Waals surface area contributed by atoms with Crippen molar-refractivity contribution in [2.24, 2.45) is 11.8 Å². The van der Waals surface area contributed by atoms with Gasteiger partial charge in [-0.15, -0.1) is 0 Å². The van der Waals surface area contributed by atoms with Crippen molar-refractivity contribution in [3.8, 4) is 0 Å². The van der Waals surface area contributed by atoms with Crippen molar-refractivity contribution in [1.29, 1.82) is 0 Å². The number of hydrogen-bond acceptors (Lipinski definition) is 3. The van der Waals surface area contributed by atoms with Crippen LogP contribution in [0.5, 0.6) is 0 Å². The van der Waals surface area contributed by atoms with Crippen molar-refractivity contribution in [2.45, 2.75) is 50.7 Å². The minimum absolute atomic E-state index is 0.206. The third kappa shape index (κ3) is 4.57. The summed E-state index contributed by atoms with van der Waals surface area (Å²) in [5, 5.41) is 15.2. The van der Waals surface area contributed by atoms with Crippen LogP contribution in [0, 0.1) is 11.8 Å². The van der Waals surface area contributed by atoms with Crippen LogP contribution in [-0.4, -0.2) is 41.8 Å². The molecule has 3 rings (SSSR count). The number of allylic oxidation sites excluding steroid dienone is 3. The number of nitrogens with one attached hydrogen (secondary N) is 1. The summed E-state index contributed by atoms with van der Waals surface area (Å²) in [6.07, 6.45) is 14.3. The first kappa shape index (κ1) is 19.2. The van der Waals surface area contributed by atoms with Crippen LogP contribution in [0.25, 0.3) is 0 Å². The second-order valence-corrected chi connectivity index (χ2v) is 8.15. The van der Waals surface area contributed by atoms with E-state index in [1.54, 1.807) is 0 Å². The van der Waals surface area contributed by atoms with E-state index in [2.05, 4.69) is 60.6 Å². The van der Waals surface area contributed by atoms with E-state index in [9.17, 15) is 5.11 Å². The average molecular weight is 355 g/mol. The quantitative estimate of drug-likeness (QED) is 0.758. The molecule has 2 N–H and O–H groups in total. The zero-order valence-electron chi connectivity index (χ0n) is 16.3. The van der Waals surface area contributed by atoms with Crippen molar-refractivity contribution in [1.82, 2.24) is 4.90 Å². The van der Waals surface area contributed by atoms with Gasteiger partial charge in [0.1, 0.15) is 0 Å². The Bertz CT molecular complexity index is 612. The first-order valence-electron chi connectivity index (χ1n) is 10.1. The minimum atomic E-state index is -0.622. The molecule has 142 valence electrons. The Morgan fingerprint density at radius 1 is 1.23 bits per heavy atom. The SMILES string of the molecule is CC(CNc1ccccc1)[C@@]1(O)CCCC[C@H]1N(C)CC1C=CC=CC1. The molecule has 0 radical (unpaired) electrons. The monoisotopic (exact) mass is 354 g/mol. The average Bonchev–Trinajstić information content (AvgIpc) is 2.68. The van der Waals surface area contributed by atoms with Gasteiger partial charge < -0.3 is 10.4 Å². The van der Waals surface area contributed by atoms with E-state index >= 15 is 0 Å². The zero-order valence-corrected chi connectivity index (χ0v) is 16.3. The molecule has 1 aromatic carbocycles. The van der Waals surface area contributed by atoms with Crippen LogP contribution in [0.15, 0.2) is 54.6 Å². The van der Waals surface area contributed by atoms with Crippen LogP contribution in [0.4, 0.5) is 5.69 Å². The molecule has 1 fully saturated rings. The van der Waals surface area contributed by atoms with Crippen LogP contribution in [0.3, 0.4) is 0 Å². The van der Waals surface area contributed by atoms with E-state index in [1.807, 2.05) is 18.2 Å². The lowest BCUT2D eigenvalue weighted by Crippen LogP contribution is -2.58. The van der Waals surface area contributed by atoms with Crippen LogP contribution in [-0.2, 0) is 0 Å². The lowest BCUT2D eigenvalue weighted by Gasteiger charge is -2.48. The number of likely N-dealkylation sites (N-methyl/N-ethyl adjacent to an activating group) is 1. The maximum atomic E-state index is 11.7. The normalized spacial score (nSPS) is 29.7. The Kier molecular flexibility index (Phi) is 6.55. The van der Waals surface area contributed by atoms with E-state index in [0.717, 1.165) is 44.5 Å². The van der Waals surface area contributed by atoms with E-state index in [1.165, 1.54) is 6.42 Å². The number of benzene rings is 1. The van der Waals surface area contributed by atoms with Gasteiger partial charge in [0, 0.05) is 30.7 Å². The number of nitrogens with zero attached hydrogens (tertiary/aromatic N) is 1.